The normalized spacial score (nSPS) is 11.7. The van der Waals surface area contributed by atoms with Crippen molar-refractivity contribution in [1.82, 2.24) is 0 Å². The molecule has 0 bridgehead atoms. The molecule has 0 aliphatic carbocycles. The van der Waals surface area contributed by atoms with Crippen molar-refractivity contribution in [3.8, 4) is 33.4 Å². The Morgan fingerprint density at radius 1 is 0.259 bits per heavy atom. The third kappa shape index (κ3) is 4.81. The Bertz CT molecular complexity index is 3320. The topological polar surface area (TPSA) is 26.3 Å². The third-order valence-electron chi connectivity index (χ3n) is 10.9. The molecular formula is C52H32O2. The van der Waals surface area contributed by atoms with Gasteiger partial charge >= 0.3 is 0 Å². The molecule has 0 spiro atoms. The number of benzene rings is 8. The second-order valence-electron chi connectivity index (χ2n) is 14.0. The fraction of sp³-hybridized carbons (Fsp3) is 0. The van der Waals surface area contributed by atoms with Crippen molar-refractivity contribution in [3.63, 3.8) is 0 Å². The van der Waals surface area contributed by atoms with E-state index in [-0.39, 0.29) is 0 Å². The van der Waals surface area contributed by atoms with Gasteiger partial charge in [0.05, 0.1) is 5.39 Å². The number of rotatable bonds is 3. The minimum Gasteiger partial charge on any atom is -0.455 e. The molecule has 0 amide bonds. The zero-order valence-electron chi connectivity index (χ0n) is 29.3. The van der Waals surface area contributed by atoms with Crippen LogP contribution in [0.1, 0.15) is 0 Å². The fourth-order valence-electron chi connectivity index (χ4n) is 8.35. The average molecular weight is 689 g/mol. The summed E-state index contributed by atoms with van der Waals surface area (Å²) in [5.74, 6) is 0. The summed E-state index contributed by atoms with van der Waals surface area (Å²) >= 11 is 0. The molecule has 0 N–H and O–H groups in total. The summed E-state index contributed by atoms with van der Waals surface area (Å²) in [6.07, 6.45) is 0. The Morgan fingerprint density at radius 2 is 0.796 bits per heavy atom. The van der Waals surface area contributed by atoms with E-state index in [0.29, 0.717) is 0 Å². The quantitative estimate of drug-likeness (QED) is 0.185. The Balaban J connectivity index is 1.07. The van der Waals surface area contributed by atoms with Crippen molar-refractivity contribution in [3.05, 3.63) is 194 Å². The van der Waals surface area contributed by atoms with Crippen molar-refractivity contribution in [2.45, 2.75) is 0 Å². The molecule has 0 radical (unpaired) electrons. The van der Waals surface area contributed by atoms with Gasteiger partial charge < -0.3 is 8.83 Å². The van der Waals surface area contributed by atoms with Gasteiger partial charge in [-0.2, -0.15) is 0 Å². The maximum absolute atomic E-state index is 6.68. The summed E-state index contributed by atoms with van der Waals surface area (Å²) in [4.78, 5) is 0. The highest BCUT2D eigenvalue weighted by Gasteiger charge is 2.21. The molecule has 2 aromatic heterocycles. The molecule has 0 unspecified atom stereocenters. The van der Waals surface area contributed by atoms with Gasteiger partial charge in [-0.05, 0) is 84.6 Å². The average Bonchev–Trinajstić information content (AvgIpc) is 3.81. The first-order chi connectivity index (χ1) is 26.8. The molecule has 0 saturated carbocycles. The van der Waals surface area contributed by atoms with Crippen molar-refractivity contribution < 1.29 is 8.83 Å². The van der Waals surface area contributed by atoms with Gasteiger partial charge in [0.25, 0.3) is 0 Å². The number of hydrogen-bond donors (Lipinski definition) is 0. The second kappa shape index (κ2) is 12.2. The number of fused-ring (bicyclic) bond motifs is 12. The summed E-state index contributed by atoms with van der Waals surface area (Å²) in [6, 6.07) is 69.3. The Hall–Kier alpha value is -7.16. The molecule has 11 aromatic rings. The molecule has 9 aromatic carbocycles. The van der Waals surface area contributed by atoms with Gasteiger partial charge in [0.15, 0.2) is 0 Å². The van der Waals surface area contributed by atoms with Crippen LogP contribution in [0.5, 0.6) is 0 Å². The number of hydrogen-bond acceptors (Lipinski definition) is 2. The van der Waals surface area contributed by atoms with Gasteiger partial charge in [-0.1, -0.05) is 170 Å². The number of para-hydroxylation sites is 1. The van der Waals surface area contributed by atoms with E-state index in [0.717, 1.165) is 71.3 Å². The van der Waals surface area contributed by atoms with Gasteiger partial charge in [-0.25, -0.2) is 0 Å². The molecular weight excluding hydrogens is 657 g/mol. The van der Waals surface area contributed by atoms with Crippen LogP contribution in [0.25, 0.3) is 110 Å². The highest BCUT2D eigenvalue weighted by molar-refractivity contribution is 6.33. The van der Waals surface area contributed by atoms with Crippen LogP contribution >= 0.6 is 0 Å². The van der Waals surface area contributed by atoms with Crippen LogP contribution in [0.4, 0.5) is 0 Å². The molecule has 0 aliphatic rings. The lowest BCUT2D eigenvalue weighted by molar-refractivity contribution is 0.665. The first-order valence-electron chi connectivity index (χ1n) is 18.4. The van der Waals surface area contributed by atoms with Crippen LogP contribution in [0.15, 0.2) is 203 Å². The Labute approximate surface area is 311 Å². The van der Waals surface area contributed by atoms with Crippen LogP contribution in [0, 0.1) is 0 Å². The summed E-state index contributed by atoms with van der Waals surface area (Å²) in [7, 11) is 0. The number of furan rings is 2. The van der Waals surface area contributed by atoms with E-state index in [4.69, 9.17) is 8.83 Å². The van der Waals surface area contributed by atoms with Crippen molar-refractivity contribution in [1.29, 1.82) is 0 Å². The lowest BCUT2D eigenvalue weighted by Crippen LogP contribution is -1.84. The maximum Gasteiger partial charge on any atom is 0.147 e. The first kappa shape index (κ1) is 30.5. The SMILES string of the molecule is c1cccc(-c2ccc3ccccc3c2)c2ccccc2c(-c2ccc(-c3ccc4oc5c(c4c3)c3ccccc3c3oc4ccccc4c35)cc2)cc1. The lowest BCUT2D eigenvalue weighted by Gasteiger charge is -2.11. The molecule has 252 valence electrons. The summed E-state index contributed by atoms with van der Waals surface area (Å²) < 4.78 is 13.1. The largest absolute Gasteiger partial charge is 0.455 e. The molecule has 0 atom stereocenters. The van der Waals surface area contributed by atoms with Crippen LogP contribution in [0.3, 0.4) is 0 Å². The first-order valence-corrected chi connectivity index (χ1v) is 18.4. The van der Waals surface area contributed by atoms with E-state index >= 15 is 0 Å². The molecule has 0 aliphatic heterocycles. The predicted molar refractivity (Wildman–Crippen MR) is 227 cm³/mol. The molecule has 0 saturated heterocycles. The molecule has 54 heavy (non-hydrogen) atoms. The van der Waals surface area contributed by atoms with Gasteiger partial charge in [-0.15, -0.1) is 0 Å². The van der Waals surface area contributed by atoms with E-state index in [1.807, 2.05) is 12.1 Å². The molecule has 2 heterocycles. The second-order valence-corrected chi connectivity index (χ2v) is 14.0. The zero-order chi connectivity index (χ0) is 35.6. The monoisotopic (exact) mass is 688 g/mol. The standard InChI is InChI=1S/C52H32O2/c1-2-4-16-40(38-28-25-33-13-5-6-14-36(33)31-38)42-18-8-7-17-41(42)39(15-3-1)35-26-23-34(24-27-35)37-29-30-48-46(32-37)49-43-19-9-10-20-44(43)51-50(52(49)54-48)45-21-11-12-22-47(45)53-51/h1-32H. The predicted octanol–water partition coefficient (Wildman–Crippen LogP) is 15.1. The molecule has 2 nitrogen and oxygen atoms in total. The van der Waals surface area contributed by atoms with Crippen LogP contribution in [0.2, 0.25) is 0 Å². The minimum absolute atomic E-state index is 0.868. The van der Waals surface area contributed by atoms with E-state index in [1.54, 1.807) is 0 Å². The highest BCUT2D eigenvalue weighted by atomic mass is 16.3. The van der Waals surface area contributed by atoms with Crippen molar-refractivity contribution in [2.75, 3.05) is 0 Å². The van der Waals surface area contributed by atoms with Crippen molar-refractivity contribution >= 4 is 76.2 Å². The molecule has 0 fully saturated rings. The van der Waals surface area contributed by atoms with Crippen molar-refractivity contribution in [2.24, 2.45) is 0 Å². The van der Waals surface area contributed by atoms with E-state index in [1.165, 1.54) is 38.2 Å². The van der Waals surface area contributed by atoms with E-state index in [2.05, 4.69) is 182 Å². The van der Waals surface area contributed by atoms with Gasteiger partial charge in [0.2, 0.25) is 0 Å². The summed E-state index contributed by atoms with van der Waals surface area (Å²) in [5.41, 5.74) is 10.5. The van der Waals surface area contributed by atoms with Gasteiger partial charge in [0.1, 0.15) is 22.3 Å². The van der Waals surface area contributed by atoms with E-state index in [9.17, 15) is 0 Å². The fourth-order valence-corrected chi connectivity index (χ4v) is 8.35. The summed E-state index contributed by atoms with van der Waals surface area (Å²) in [5, 5.41) is 11.4. The zero-order valence-corrected chi connectivity index (χ0v) is 29.3. The summed E-state index contributed by atoms with van der Waals surface area (Å²) in [6.45, 7) is 0. The van der Waals surface area contributed by atoms with Crippen LogP contribution in [-0.2, 0) is 0 Å². The molecule has 2 heteroatoms. The van der Waals surface area contributed by atoms with E-state index < -0.39 is 0 Å². The minimum atomic E-state index is 0.868. The third-order valence-corrected chi connectivity index (χ3v) is 10.9. The smallest absolute Gasteiger partial charge is 0.147 e. The highest BCUT2D eigenvalue weighted by Crippen LogP contribution is 2.45. The van der Waals surface area contributed by atoms with Crippen LogP contribution in [-0.4, -0.2) is 0 Å². The van der Waals surface area contributed by atoms with Crippen LogP contribution < -0.4 is 0 Å². The Morgan fingerprint density at radius 3 is 1.57 bits per heavy atom. The molecule has 11 rings (SSSR count). The Kier molecular flexibility index (Phi) is 6.90. The van der Waals surface area contributed by atoms with Gasteiger partial charge in [0, 0.05) is 21.5 Å². The maximum atomic E-state index is 6.68. The van der Waals surface area contributed by atoms with Gasteiger partial charge in [-0.3, -0.25) is 0 Å². The lowest BCUT2D eigenvalue weighted by atomic mass is 9.93.